The van der Waals surface area contributed by atoms with E-state index in [1.807, 2.05) is 0 Å². The van der Waals surface area contributed by atoms with E-state index in [1.165, 1.54) is 10.9 Å². The first-order valence-corrected chi connectivity index (χ1v) is 10.3. The van der Waals surface area contributed by atoms with Crippen molar-refractivity contribution in [3.05, 3.63) is 88.5 Å². The van der Waals surface area contributed by atoms with Crippen molar-refractivity contribution >= 4 is 29.1 Å². The number of anilines is 1. The Morgan fingerprint density at radius 1 is 0.971 bits per heavy atom. The van der Waals surface area contributed by atoms with Crippen LogP contribution in [0.1, 0.15) is 20.7 Å². The number of fused-ring (bicyclic) bond motifs is 1. The second kappa shape index (κ2) is 10.4. The van der Waals surface area contributed by atoms with Gasteiger partial charge in [0, 0.05) is 0 Å². The summed E-state index contributed by atoms with van der Waals surface area (Å²) in [6, 6.07) is 16.9. The Hall–Kier alpha value is -4.51. The van der Waals surface area contributed by atoms with Crippen molar-refractivity contribution in [2.45, 2.75) is 12.8 Å². The number of nitrogens with two attached hydrogens (primary N) is 1. The fraction of sp³-hybridized carbons (Fsp3) is 0.174. The molecule has 0 aliphatic heterocycles. The van der Waals surface area contributed by atoms with Crippen LogP contribution in [-0.2, 0) is 20.9 Å². The van der Waals surface area contributed by atoms with Gasteiger partial charge in [0.2, 0.25) is 5.95 Å². The zero-order valence-electron chi connectivity index (χ0n) is 17.9. The first kappa shape index (κ1) is 22.7. The number of aromatic amines is 1. The highest BCUT2D eigenvalue weighted by Gasteiger charge is 2.20. The van der Waals surface area contributed by atoms with E-state index >= 15 is 0 Å². The number of hydrogen-bond donors (Lipinski definition) is 2. The smallest absolute Gasteiger partial charge is 0.338 e. The molecule has 0 amide bonds. The zero-order valence-corrected chi connectivity index (χ0v) is 17.9. The number of hydrogen-bond acceptors (Lipinski definition) is 9. The summed E-state index contributed by atoms with van der Waals surface area (Å²) in [5.41, 5.74) is 6.21. The summed E-state index contributed by atoms with van der Waals surface area (Å²) in [7, 11) is 0. The number of nitrogens with zero attached hydrogens (tertiary/aromatic N) is 3. The maximum Gasteiger partial charge on any atom is 0.338 e. The lowest BCUT2D eigenvalue weighted by atomic mass is 10.2. The highest BCUT2D eigenvalue weighted by molar-refractivity contribution is 5.90. The van der Waals surface area contributed by atoms with Crippen molar-refractivity contribution in [1.82, 2.24) is 19.5 Å². The SMILES string of the molecule is Nc1nc2c(ncn2COCC(COC(=O)c2ccccc2)OC(=O)c2ccccc2)c(=O)[nH]1. The van der Waals surface area contributed by atoms with E-state index in [0.29, 0.717) is 11.1 Å². The lowest BCUT2D eigenvalue weighted by Crippen LogP contribution is -2.30. The number of benzene rings is 2. The van der Waals surface area contributed by atoms with Crippen molar-refractivity contribution < 1.29 is 23.8 Å². The largest absolute Gasteiger partial charge is 0.458 e. The van der Waals surface area contributed by atoms with Crippen molar-refractivity contribution in [2.24, 2.45) is 0 Å². The van der Waals surface area contributed by atoms with E-state index in [-0.39, 0.29) is 37.1 Å². The normalized spacial score (nSPS) is 11.8. The van der Waals surface area contributed by atoms with Crippen LogP contribution in [0.25, 0.3) is 11.2 Å². The van der Waals surface area contributed by atoms with Gasteiger partial charge in [0.25, 0.3) is 5.56 Å². The molecule has 0 bridgehead atoms. The molecule has 0 saturated heterocycles. The molecular formula is C23H21N5O6. The van der Waals surface area contributed by atoms with Crippen LogP contribution in [0.15, 0.2) is 71.8 Å². The van der Waals surface area contributed by atoms with Gasteiger partial charge in [-0.3, -0.25) is 14.3 Å². The summed E-state index contributed by atoms with van der Waals surface area (Å²) in [4.78, 5) is 47.2. The number of carbonyl (C=O) groups excluding carboxylic acids is 2. The zero-order chi connectivity index (χ0) is 23.9. The van der Waals surface area contributed by atoms with E-state index in [1.54, 1.807) is 60.7 Å². The molecule has 0 fully saturated rings. The number of carbonyl (C=O) groups is 2. The van der Waals surface area contributed by atoms with Gasteiger partial charge in [-0.25, -0.2) is 14.6 Å². The van der Waals surface area contributed by atoms with E-state index in [4.69, 9.17) is 19.9 Å². The van der Waals surface area contributed by atoms with Gasteiger partial charge in [-0.1, -0.05) is 36.4 Å². The maximum atomic E-state index is 12.5. The number of rotatable bonds is 9. The van der Waals surface area contributed by atoms with Crippen LogP contribution in [0, 0.1) is 0 Å². The molecule has 0 radical (unpaired) electrons. The Morgan fingerprint density at radius 3 is 2.29 bits per heavy atom. The van der Waals surface area contributed by atoms with Crippen LogP contribution in [0.5, 0.6) is 0 Å². The molecule has 11 nitrogen and oxygen atoms in total. The van der Waals surface area contributed by atoms with Gasteiger partial charge in [0.05, 0.1) is 24.1 Å². The molecule has 4 rings (SSSR count). The minimum atomic E-state index is -0.892. The first-order chi connectivity index (χ1) is 16.5. The summed E-state index contributed by atoms with van der Waals surface area (Å²) in [5, 5.41) is 0. The average molecular weight is 463 g/mol. The molecule has 0 spiro atoms. The van der Waals surface area contributed by atoms with Crippen LogP contribution in [-0.4, -0.2) is 50.8 Å². The summed E-state index contributed by atoms with van der Waals surface area (Å²) < 4.78 is 18.0. The maximum absolute atomic E-state index is 12.5. The van der Waals surface area contributed by atoms with Crippen LogP contribution < -0.4 is 11.3 Å². The number of ether oxygens (including phenoxy) is 3. The summed E-state index contributed by atoms with van der Waals surface area (Å²) in [6.45, 7) is -0.376. The fourth-order valence-corrected chi connectivity index (χ4v) is 3.08. The fourth-order valence-electron chi connectivity index (χ4n) is 3.08. The third kappa shape index (κ3) is 5.45. The second-order valence-electron chi connectivity index (χ2n) is 7.20. The quantitative estimate of drug-likeness (QED) is 0.354. The average Bonchev–Trinajstić information content (AvgIpc) is 3.26. The van der Waals surface area contributed by atoms with Gasteiger partial charge in [0.1, 0.15) is 13.3 Å². The lowest BCUT2D eigenvalue weighted by Gasteiger charge is -2.18. The minimum absolute atomic E-state index is 0.0539. The predicted octanol–water partition coefficient (Wildman–Crippen LogP) is 1.76. The van der Waals surface area contributed by atoms with E-state index in [0.717, 1.165) is 0 Å². The van der Waals surface area contributed by atoms with E-state index < -0.39 is 23.6 Å². The molecule has 174 valence electrons. The standard InChI is InChI=1S/C23H21N5O6/c24-23-26-19-18(20(29)27-23)25-13-28(19)14-32-11-17(34-22(31)16-9-5-2-6-10-16)12-33-21(30)15-7-3-1-4-8-15/h1-10,13,17H,11-12,14H2,(H3,24,26,27,29). The monoisotopic (exact) mass is 463 g/mol. The number of imidazole rings is 1. The van der Waals surface area contributed by atoms with Gasteiger partial charge in [-0.2, -0.15) is 4.98 Å². The van der Waals surface area contributed by atoms with Crippen LogP contribution in [0.4, 0.5) is 5.95 Å². The Balaban J connectivity index is 1.42. The van der Waals surface area contributed by atoms with Gasteiger partial charge in [-0.15, -0.1) is 0 Å². The molecule has 34 heavy (non-hydrogen) atoms. The summed E-state index contributed by atoms with van der Waals surface area (Å²) in [6.07, 6.45) is 0.490. The molecule has 3 N–H and O–H groups in total. The number of aromatic nitrogens is 4. The molecule has 2 aromatic carbocycles. The first-order valence-electron chi connectivity index (χ1n) is 10.3. The Morgan fingerprint density at radius 2 is 1.62 bits per heavy atom. The lowest BCUT2D eigenvalue weighted by molar-refractivity contribution is -0.0436. The predicted molar refractivity (Wildman–Crippen MR) is 121 cm³/mol. The molecule has 4 aromatic rings. The topological polar surface area (TPSA) is 151 Å². The number of nitrogens with one attached hydrogen (secondary N) is 1. The van der Waals surface area contributed by atoms with Crippen molar-refractivity contribution in [1.29, 1.82) is 0 Å². The van der Waals surface area contributed by atoms with Crippen molar-refractivity contribution in [3.8, 4) is 0 Å². The highest BCUT2D eigenvalue weighted by atomic mass is 16.6. The third-order valence-corrected chi connectivity index (χ3v) is 4.72. The van der Waals surface area contributed by atoms with Crippen molar-refractivity contribution in [3.63, 3.8) is 0 Å². The molecule has 0 aliphatic rings. The Kier molecular flexibility index (Phi) is 6.94. The third-order valence-electron chi connectivity index (χ3n) is 4.72. The van der Waals surface area contributed by atoms with E-state index in [2.05, 4.69) is 15.0 Å². The van der Waals surface area contributed by atoms with Crippen LogP contribution in [0.3, 0.4) is 0 Å². The van der Waals surface area contributed by atoms with E-state index in [9.17, 15) is 14.4 Å². The molecule has 1 atom stereocenters. The summed E-state index contributed by atoms with van der Waals surface area (Å²) in [5.74, 6) is -1.19. The number of esters is 2. The number of nitrogen functional groups attached to an aromatic ring is 1. The number of H-pyrrole nitrogens is 1. The summed E-state index contributed by atoms with van der Waals surface area (Å²) >= 11 is 0. The van der Waals surface area contributed by atoms with Crippen LogP contribution >= 0.6 is 0 Å². The molecular weight excluding hydrogens is 442 g/mol. The molecule has 0 aliphatic carbocycles. The second-order valence-corrected chi connectivity index (χ2v) is 7.20. The van der Waals surface area contributed by atoms with Crippen LogP contribution in [0.2, 0.25) is 0 Å². The molecule has 0 saturated carbocycles. The molecule has 2 heterocycles. The van der Waals surface area contributed by atoms with Gasteiger partial charge in [0.15, 0.2) is 17.3 Å². The van der Waals surface area contributed by atoms with Gasteiger partial charge < -0.3 is 19.9 Å². The molecule has 2 aromatic heterocycles. The minimum Gasteiger partial charge on any atom is -0.458 e. The molecule has 11 heteroatoms. The molecule has 1 unspecified atom stereocenters. The van der Waals surface area contributed by atoms with Gasteiger partial charge in [-0.05, 0) is 24.3 Å². The Labute approximate surface area is 193 Å². The van der Waals surface area contributed by atoms with Gasteiger partial charge >= 0.3 is 11.9 Å². The van der Waals surface area contributed by atoms with Crippen molar-refractivity contribution in [2.75, 3.05) is 18.9 Å². The highest BCUT2D eigenvalue weighted by Crippen LogP contribution is 2.10. The Bertz CT molecular complexity index is 1340.